The zero-order valence-corrected chi connectivity index (χ0v) is 12.3. The van der Waals surface area contributed by atoms with Gasteiger partial charge in [-0.2, -0.15) is 0 Å². The Kier molecular flexibility index (Phi) is 5.85. The van der Waals surface area contributed by atoms with E-state index in [0.717, 1.165) is 30.6 Å². The van der Waals surface area contributed by atoms with Crippen molar-refractivity contribution in [2.75, 3.05) is 5.75 Å². The highest BCUT2D eigenvalue weighted by Gasteiger charge is 2.16. The van der Waals surface area contributed by atoms with E-state index in [2.05, 4.69) is 10.2 Å². The van der Waals surface area contributed by atoms with Crippen LogP contribution < -0.4 is 0 Å². The predicted octanol–water partition coefficient (Wildman–Crippen LogP) is 1.92. The number of aliphatic hydroxyl groups excluding tert-OH is 1. The summed E-state index contributed by atoms with van der Waals surface area (Å²) in [5, 5.41) is 26.5. The molecule has 1 heterocycles. The van der Waals surface area contributed by atoms with Crippen LogP contribution in [0.5, 0.6) is 0 Å². The molecule has 0 unspecified atom stereocenters. The normalized spacial score (nSPS) is 15.8. The lowest BCUT2D eigenvalue weighted by molar-refractivity contribution is -0.133. The number of carboxylic acid groups (broad SMARTS) is 1. The van der Waals surface area contributed by atoms with E-state index >= 15 is 0 Å². The third kappa shape index (κ3) is 4.21. The second-order valence-corrected chi connectivity index (χ2v) is 6.13. The number of hydrogen-bond donors (Lipinski definition) is 2. The van der Waals surface area contributed by atoms with Gasteiger partial charge in [-0.1, -0.05) is 37.4 Å². The van der Waals surface area contributed by atoms with Crippen LogP contribution in [-0.4, -0.2) is 36.7 Å². The van der Waals surface area contributed by atoms with E-state index in [1.807, 2.05) is 4.57 Å². The molecule has 0 aromatic carbocycles. The van der Waals surface area contributed by atoms with E-state index in [-0.39, 0.29) is 12.4 Å². The van der Waals surface area contributed by atoms with Crippen LogP contribution in [0.15, 0.2) is 5.16 Å². The molecule has 0 spiro atoms. The van der Waals surface area contributed by atoms with Crippen LogP contribution in [-0.2, 0) is 17.9 Å². The molecule has 6 nitrogen and oxygen atoms in total. The first kappa shape index (κ1) is 15.3. The molecule has 0 amide bonds. The molecule has 0 radical (unpaired) electrons. The van der Waals surface area contributed by atoms with Gasteiger partial charge in [-0.25, -0.2) is 0 Å². The van der Waals surface area contributed by atoms with Crippen molar-refractivity contribution in [3.63, 3.8) is 0 Å². The van der Waals surface area contributed by atoms with Gasteiger partial charge in [-0.05, 0) is 18.8 Å². The Morgan fingerprint density at radius 1 is 1.35 bits per heavy atom. The van der Waals surface area contributed by atoms with Gasteiger partial charge in [-0.3, -0.25) is 4.79 Å². The first-order valence-electron chi connectivity index (χ1n) is 7.08. The quantitative estimate of drug-likeness (QED) is 0.713. The van der Waals surface area contributed by atoms with E-state index in [1.165, 1.54) is 32.1 Å². The standard InChI is InChI=1S/C13H21N3O3S/c17-8-11-14-15-13(20-9-12(18)19)16(11)7-3-6-10-4-1-2-5-10/h10,17H,1-9H2,(H,18,19). The molecular weight excluding hydrogens is 278 g/mol. The molecule has 1 saturated carbocycles. The number of thioether (sulfide) groups is 1. The number of carboxylic acids is 1. The van der Waals surface area contributed by atoms with Crippen molar-refractivity contribution in [3.8, 4) is 0 Å². The van der Waals surface area contributed by atoms with Crippen LogP contribution in [0.2, 0.25) is 0 Å². The van der Waals surface area contributed by atoms with Crippen molar-refractivity contribution >= 4 is 17.7 Å². The third-order valence-corrected chi connectivity index (χ3v) is 4.68. The molecule has 7 heteroatoms. The minimum absolute atomic E-state index is 0.0355. The molecule has 0 bridgehead atoms. The molecule has 1 aliphatic carbocycles. The molecule has 0 aliphatic heterocycles. The Labute approximate surface area is 122 Å². The maximum Gasteiger partial charge on any atom is 0.313 e. The maximum absolute atomic E-state index is 10.6. The molecule has 0 saturated heterocycles. The van der Waals surface area contributed by atoms with Gasteiger partial charge < -0.3 is 14.8 Å². The second-order valence-electron chi connectivity index (χ2n) is 5.18. The fourth-order valence-electron chi connectivity index (χ4n) is 2.73. The van der Waals surface area contributed by atoms with Crippen molar-refractivity contribution in [1.82, 2.24) is 14.8 Å². The lowest BCUT2D eigenvalue weighted by Crippen LogP contribution is -2.08. The minimum Gasteiger partial charge on any atom is -0.481 e. The summed E-state index contributed by atoms with van der Waals surface area (Å²) in [5.41, 5.74) is 0. The van der Waals surface area contributed by atoms with E-state index in [1.54, 1.807) is 0 Å². The van der Waals surface area contributed by atoms with Crippen molar-refractivity contribution in [2.24, 2.45) is 5.92 Å². The molecule has 2 rings (SSSR count). The van der Waals surface area contributed by atoms with Gasteiger partial charge in [0.1, 0.15) is 6.61 Å². The molecule has 0 atom stereocenters. The van der Waals surface area contributed by atoms with Crippen LogP contribution in [0, 0.1) is 5.92 Å². The van der Waals surface area contributed by atoms with Crippen molar-refractivity contribution < 1.29 is 15.0 Å². The third-order valence-electron chi connectivity index (χ3n) is 3.73. The van der Waals surface area contributed by atoms with Crippen LogP contribution in [0.4, 0.5) is 0 Å². The van der Waals surface area contributed by atoms with Gasteiger partial charge in [0.25, 0.3) is 0 Å². The number of rotatable bonds is 8. The zero-order chi connectivity index (χ0) is 14.4. The summed E-state index contributed by atoms with van der Waals surface area (Å²) < 4.78 is 1.85. The van der Waals surface area contributed by atoms with Crippen LogP contribution in [0.3, 0.4) is 0 Å². The van der Waals surface area contributed by atoms with E-state index < -0.39 is 5.97 Å². The Morgan fingerprint density at radius 2 is 2.10 bits per heavy atom. The molecule has 1 aromatic rings. The summed E-state index contributed by atoms with van der Waals surface area (Å²) >= 11 is 1.15. The summed E-state index contributed by atoms with van der Waals surface area (Å²) in [5.74, 6) is 0.441. The van der Waals surface area contributed by atoms with Gasteiger partial charge in [0.2, 0.25) is 0 Å². The summed E-state index contributed by atoms with van der Waals surface area (Å²) in [6.07, 6.45) is 7.56. The Hall–Kier alpha value is -1.08. The van der Waals surface area contributed by atoms with Crippen molar-refractivity contribution in [1.29, 1.82) is 0 Å². The van der Waals surface area contributed by atoms with E-state index in [4.69, 9.17) is 5.11 Å². The number of carbonyl (C=O) groups is 1. The summed E-state index contributed by atoms with van der Waals surface area (Å²) in [4.78, 5) is 10.6. The smallest absolute Gasteiger partial charge is 0.313 e. The lowest BCUT2D eigenvalue weighted by Gasteiger charge is -2.11. The average molecular weight is 299 g/mol. The molecule has 2 N–H and O–H groups in total. The highest BCUT2D eigenvalue weighted by atomic mass is 32.2. The highest BCUT2D eigenvalue weighted by molar-refractivity contribution is 7.99. The molecule has 1 aromatic heterocycles. The van der Waals surface area contributed by atoms with Crippen molar-refractivity contribution in [3.05, 3.63) is 5.82 Å². The van der Waals surface area contributed by atoms with Gasteiger partial charge >= 0.3 is 5.97 Å². The Morgan fingerprint density at radius 3 is 2.75 bits per heavy atom. The summed E-state index contributed by atoms with van der Waals surface area (Å²) in [7, 11) is 0. The SMILES string of the molecule is O=C(O)CSc1nnc(CO)n1CCCC1CCCC1. The fourth-order valence-corrected chi connectivity index (χ4v) is 3.43. The Bertz CT molecular complexity index is 444. The predicted molar refractivity (Wildman–Crippen MR) is 75.5 cm³/mol. The monoisotopic (exact) mass is 299 g/mol. The summed E-state index contributed by atoms with van der Waals surface area (Å²) in [6, 6.07) is 0. The largest absolute Gasteiger partial charge is 0.481 e. The number of hydrogen-bond acceptors (Lipinski definition) is 5. The van der Waals surface area contributed by atoms with E-state index in [0.29, 0.717) is 11.0 Å². The first-order valence-corrected chi connectivity index (χ1v) is 8.06. The maximum atomic E-state index is 10.6. The minimum atomic E-state index is -0.874. The van der Waals surface area contributed by atoms with Crippen LogP contribution in [0.1, 0.15) is 44.3 Å². The Balaban J connectivity index is 1.89. The number of aromatic nitrogens is 3. The topological polar surface area (TPSA) is 88.2 Å². The van der Waals surface area contributed by atoms with Crippen LogP contribution in [0.25, 0.3) is 0 Å². The van der Waals surface area contributed by atoms with Gasteiger partial charge in [0.15, 0.2) is 11.0 Å². The van der Waals surface area contributed by atoms with Crippen LogP contribution >= 0.6 is 11.8 Å². The number of aliphatic carboxylic acids is 1. The second kappa shape index (κ2) is 7.64. The molecule has 1 aliphatic rings. The molecule has 20 heavy (non-hydrogen) atoms. The average Bonchev–Trinajstić information content (AvgIpc) is 3.06. The lowest BCUT2D eigenvalue weighted by atomic mass is 10.0. The van der Waals surface area contributed by atoms with Gasteiger partial charge in [0, 0.05) is 6.54 Å². The zero-order valence-electron chi connectivity index (χ0n) is 11.5. The first-order chi connectivity index (χ1) is 9.70. The number of nitrogens with zero attached hydrogens (tertiary/aromatic N) is 3. The number of aliphatic hydroxyl groups is 1. The van der Waals surface area contributed by atoms with E-state index in [9.17, 15) is 9.90 Å². The van der Waals surface area contributed by atoms with Gasteiger partial charge in [0.05, 0.1) is 5.75 Å². The highest BCUT2D eigenvalue weighted by Crippen LogP contribution is 2.29. The van der Waals surface area contributed by atoms with Gasteiger partial charge in [-0.15, -0.1) is 10.2 Å². The summed E-state index contributed by atoms with van der Waals surface area (Å²) in [6.45, 7) is 0.589. The van der Waals surface area contributed by atoms with Crippen molar-refractivity contribution in [2.45, 2.75) is 56.8 Å². The molecule has 1 fully saturated rings. The molecular formula is C13H21N3O3S. The molecule has 112 valence electrons. The fraction of sp³-hybridized carbons (Fsp3) is 0.769.